The van der Waals surface area contributed by atoms with Crippen LogP contribution in [0.3, 0.4) is 0 Å². The van der Waals surface area contributed by atoms with Crippen molar-refractivity contribution in [3.8, 4) is 5.88 Å². The second-order valence-electron chi connectivity index (χ2n) is 2.51. The average Bonchev–Trinajstić information content (AvgIpc) is 2.59. The van der Waals surface area contributed by atoms with E-state index < -0.39 is 0 Å². The number of hydrogen-bond donors (Lipinski definition) is 0. The molecule has 0 atom stereocenters. The third-order valence-electron chi connectivity index (χ3n) is 1.69. The van der Waals surface area contributed by atoms with Gasteiger partial charge in [-0.3, -0.25) is 0 Å². The smallest absolute Gasteiger partial charge is 0.222 e. The summed E-state index contributed by atoms with van der Waals surface area (Å²) in [7, 11) is 0. The van der Waals surface area contributed by atoms with Gasteiger partial charge in [-0.1, -0.05) is 11.6 Å². The minimum Gasteiger partial charge on any atom is -0.477 e. The molecule has 4 heteroatoms. The van der Waals surface area contributed by atoms with Crippen molar-refractivity contribution >= 4 is 33.0 Å². The van der Waals surface area contributed by atoms with Gasteiger partial charge in [-0.25, -0.2) is 4.98 Å². The molecule has 2 nitrogen and oxygen atoms in total. The molecule has 2 aromatic heterocycles. The quantitative estimate of drug-likeness (QED) is 0.763. The van der Waals surface area contributed by atoms with E-state index in [4.69, 9.17) is 16.3 Å². The number of pyridine rings is 1. The molecule has 0 amide bonds. The van der Waals surface area contributed by atoms with Crippen LogP contribution in [0.2, 0.25) is 5.02 Å². The fourth-order valence-electron chi connectivity index (χ4n) is 1.16. The maximum absolute atomic E-state index is 5.96. The molecule has 2 heterocycles. The van der Waals surface area contributed by atoms with Gasteiger partial charge in [-0.15, -0.1) is 11.3 Å². The molecule has 68 valence electrons. The van der Waals surface area contributed by atoms with Crippen LogP contribution >= 0.6 is 22.9 Å². The normalized spacial score (nSPS) is 10.6. The zero-order valence-corrected chi connectivity index (χ0v) is 8.65. The van der Waals surface area contributed by atoms with Gasteiger partial charge in [0.15, 0.2) is 0 Å². The second-order valence-corrected chi connectivity index (χ2v) is 3.83. The summed E-state index contributed by atoms with van der Waals surface area (Å²) in [5, 5.41) is 3.67. The maximum Gasteiger partial charge on any atom is 0.222 e. The Labute approximate surface area is 85.1 Å². The van der Waals surface area contributed by atoms with Crippen LogP contribution in [0.5, 0.6) is 5.88 Å². The molecule has 0 spiro atoms. The molecule has 0 aliphatic rings. The van der Waals surface area contributed by atoms with Gasteiger partial charge in [0.25, 0.3) is 0 Å². The van der Waals surface area contributed by atoms with E-state index in [-0.39, 0.29) is 0 Å². The summed E-state index contributed by atoms with van der Waals surface area (Å²) in [6.45, 7) is 2.56. The van der Waals surface area contributed by atoms with Gasteiger partial charge in [0.1, 0.15) is 0 Å². The Morgan fingerprint density at radius 3 is 3.23 bits per heavy atom. The van der Waals surface area contributed by atoms with E-state index in [1.807, 2.05) is 18.4 Å². The van der Waals surface area contributed by atoms with Crippen molar-refractivity contribution in [3.05, 3.63) is 22.7 Å². The standard InChI is InChI=1S/C9H8ClNOS/c1-2-12-9-6-3-4-13-8(6)7(10)5-11-9/h3-5H,2H2,1H3. The molecule has 0 aliphatic heterocycles. The number of nitrogens with zero attached hydrogens (tertiary/aromatic N) is 1. The maximum atomic E-state index is 5.96. The highest BCUT2D eigenvalue weighted by Gasteiger charge is 2.07. The molecule has 2 aromatic rings. The summed E-state index contributed by atoms with van der Waals surface area (Å²) in [5.74, 6) is 0.670. The highest BCUT2D eigenvalue weighted by Crippen LogP contribution is 2.33. The lowest BCUT2D eigenvalue weighted by atomic mass is 10.3. The Morgan fingerprint density at radius 1 is 1.62 bits per heavy atom. The van der Waals surface area contributed by atoms with Crippen molar-refractivity contribution in [2.24, 2.45) is 0 Å². The van der Waals surface area contributed by atoms with E-state index in [1.54, 1.807) is 17.5 Å². The zero-order valence-electron chi connectivity index (χ0n) is 7.08. The Kier molecular flexibility index (Phi) is 2.38. The summed E-state index contributed by atoms with van der Waals surface area (Å²) in [4.78, 5) is 4.12. The van der Waals surface area contributed by atoms with E-state index in [0.717, 1.165) is 10.1 Å². The van der Waals surface area contributed by atoms with E-state index in [9.17, 15) is 0 Å². The molecule has 0 saturated heterocycles. The van der Waals surface area contributed by atoms with Crippen molar-refractivity contribution < 1.29 is 4.74 Å². The van der Waals surface area contributed by atoms with Gasteiger partial charge in [0.05, 0.1) is 27.9 Å². The van der Waals surface area contributed by atoms with Crippen LogP contribution in [0.25, 0.3) is 10.1 Å². The molecule has 0 aliphatic carbocycles. The number of rotatable bonds is 2. The first-order valence-electron chi connectivity index (χ1n) is 3.97. The molecule has 0 saturated carbocycles. The molecule has 2 rings (SSSR count). The molecular formula is C9H8ClNOS. The van der Waals surface area contributed by atoms with E-state index in [2.05, 4.69) is 4.98 Å². The van der Waals surface area contributed by atoms with Crippen LogP contribution < -0.4 is 4.74 Å². The largest absolute Gasteiger partial charge is 0.477 e. The molecule has 0 radical (unpaired) electrons. The predicted molar refractivity (Wildman–Crippen MR) is 55.8 cm³/mol. The lowest BCUT2D eigenvalue weighted by Crippen LogP contribution is -1.93. The van der Waals surface area contributed by atoms with Crippen LogP contribution in [0.1, 0.15) is 6.92 Å². The van der Waals surface area contributed by atoms with Gasteiger partial charge in [0, 0.05) is 0 Å². The van der Waals surface area contributed by atoms with Crippen molar-refractivity contribution in [2.75, 3.05) is 6.61 Å². The van der Waals surface area contributed by atoms with E-state index in [1.165, 1.54) is 0 Å². The highest BCUT2D eigenvalue weighted by atomic mass is 35.5. The van der Waals surface area contributed by atoms with Crippen molar-refractivity contribution in [3.63, 3.8) is 0 Å². The predicted octanol–water partition coefficient (Wildman–Crippen LogP) is 3.35. The highest BCUT2D eigenvalue weighted by molar-refractivity contribution is 7.17. The summed E-state index contributed by atoms with van der Waals surface area (Å²) >= 11 is 7.56. The van der Waals surface area contributed by atoms with Gasteiger partial charge >= 0.3 is 0 Å². The Morgan fingerprint density at radius 2 is 2.46 bits per heavy atom. The number of hydrogen-bond acceptors (Lipinski definition) is 3. The van der Waals surface area contributed by atoms with Crippen molar-refractivity contribution in [1.82, 2.24) is 4.98 Å². The third kappa shape index (κ3) is 1.49. The molecular weight excluding hydrogens is 206 g/mol. The third-order valence-corrected chi connectivity index (χ3v) is 3.04. The first-order valence-corrected chi connectivity index (χ1v) is 5.23. The number of aromatic nitrogens is 1. The molecule has 0 bridgehead atoms. The fourth-order valence-corrected chi connectivity index (χ4v) is 2.23. The van der Waals surface area contributed by atoms with Crippen LogP contribution in [0.4, 0.5) is 0 Å². The zero-order chi connectivity index (χ0) is 9.26. The van der Waals surface area contributed by atoms with Crippen molar-refractivity contribution in [2.45, 2.75) is 6.92 Å². The molecule has 0 N–H and O–H groups in total. The monoisotopic (exact) mass is 213 g/mol. The topological polar surface area (TPSA) is 22.1 Å². The number of fused-ring (bicyclic) bond motifs is 1. The average molecular weight is 214 g/mol. The van der Waals surface area contributed by atoms with Crippen molar-refractivity contribution in [1.29, 1.82) is 0 Å². The lowest BCUT2D eigenvalue weighted by molar-refractivity contribution is 0.331. The van der Waals surface area contributed by atoms with Crippen LogP contribution in [-0.4, -0.2) is 11.6 Å². The Bertz CT molecular complexity index is 426. The van der Waals surface area contributed by atoms with Crippen LogP contribution in [-0.2, 0) is 0 Å². The first-order chi connectivity index (χ1) is 6.33. The van der Waals surface area contributed by atoms with Crippen LogP contribution in [0, 0.1) is 0 Å². The lowest BCUT2D eigenvalue weighted by Gasteiger charge is -2.03. The number of thiophene rings is 1. The Balaban J connectivity index is 2.64. The molecule has 13 heavy (non-hydrogen) atoms. The molecule has 0 aromatic carbocycles. The second kappa shape index (κ2) is 3.52. The summed E-state index contributed by atoms with van der Waals surface area (Å²) in [6.07, 6.45) is 1.63. The summed E-state index contributed by atoms with van der Waals surface area (Å²) in [6, 6.07) is 1.98. The van der Waals surface area contributed by atoms with E-state index >= 15 is 0 Å². The number of halogens is 1. The van der Waals surface area contributed by atoms with Gasteiger partial charge in [0.2, 0.25) is 5.88 Å². The minimum absolute atomic E-state index is 0.625. The summed E-state index contributed by atoms with van der Waals surface area (Å²) < 4.78 is 6.41. The SMILES string of the molecule is CCOc1ncc(Cl)c2sccc12. The van der Waals surface area contributed by atoms with Gasteiger partial charge in [-0.05, 0) is 18.4 Å². The summed E-state index contributed by atoms with van der Waals surface area (Å²) in [5.41, 5.74) is 0. The Hall–Kier alpha value is -0.800. The van der Waals surface area contributed by atoms with Crippen LogP contribution in [0.15, 0.2) is 17.6 Å². The van der Waals surface area contributed by atoms with E-state index in [0.29, 0.717) is 17.5 Å². The number of ether oxygens (including phenoxy) is 1. The van der Waals surface area contributed by atoms with Gasteiger partial charge in [-0.2, -0.15) is 0 Å². The first kappa shape index (κ1) is 8.78. The molecule has 0 fully saturated rings. The van der Waals surface area contributed by atoms with Gasteiger partial charge < -0.3 is 4.74 Å². The minimum atomic E-state index is 0.625. The fraction of sp³-hybridized carbons (Fsp3) is 0.222. The molecule has 0 unspecified atom stereocenters.